The molecule has 1 amide bonds. The number of carbonyl (C=O) groups is 1. The fraction of sp³-hybridized carbons (Fsp3) is 0.462. The van der Waals surface area contributed by atoms with Crippen molar-refractivity contribution in [1.29, 1.82) is 0 Å². The molecule has 1 aliphatic heterocycles. The van der Waals surface area contributed by atoms with Gasteiger partial charge in [0.15, 0.2) is 0 Å². The van der Waals surface area contributed by atoms with Crippen molar-refractivity contribution in [3.05, 3.63) is 35.4 Å². The molecule has 0 radical (unpaired) electrons. The Morgan fingerprint density at radius 2 is 2.11 bits per heavy atom. The summed E-state index contributed by atoms with van der Waals surface area (Å²) in [6.07, 6.45) is -4.42. The molecule has 0 aromatic heterocycles. The molecule has 1 heterocycles. The van der Waals surface area contributed by atoms with Gasteiger partial charge in [0.05, 0.1) is 12.6 Å². The van der Waals surface area contributed by atoms with E-state index >= 15 is 0 Å². The van der Waals surface area contributed by atoms with Crippen molar-refractivity contribution in [2.75, 3.05) is 20.3 Å². The van der Waals surface area contributed by atoms with Crippen LogP contribution in [0.2, 0.25) is 0 Å². The summed E-state index contributed by atoms with van der Waals surface area (Å²) in [5.74, 6) is -1.80. The van der Waals surface area contributed by atoms with Crippen LogP contribution in [0, 0.1) is 0 Å². The minimum atomic E-state index is -4.85. The molecule has 0 unspecified atom stereocenters. The summed E-state index contributed by atoms with van der Waals surface area (Å²) in [6, 6.07) is 6.53. The molecule has 2 rings (SSSR count). The number of halogens is 3. The van der Waals surface area contributed by atoms with E-state index in [1.165, 1.54) is 7.11 Å². The second-order valence-electron chi connectivity index (χ2n) is 4.42. The number of nitrogens with zero attached hydrogens (tertiary/aromatic N) is 1. The van der Waals surface area contributed by atoms with E-state index in [-0.39, 0.29) is 13.2 Å². The van der Waals surface area contributed by atoms with Gasteiger partial charge >= 0.3 is 12.1 Å². The Morgan fingerprint density at radius 1 is 1.42 bits per heavy atom. The SMILES string of the molecule is COC[C@H]1c2ccccc2CCN1C(=O)C(F)(F)F. The summed E-state index contributed by atoms with van der Waals surface area (Å²) in [7, 11) is 1.41. The molecule has 1 aliphatic rings. The van der Waals surface area contributed by atoms with Gasteiger partial charge in [-0.25, -0.2) is 0 Å². The number of methoxy groups -OCH3 is 1. The first-order valence-corrected chi connectivity index (χ1v) is 5.89. The maximum atomic E-state index is 12.6. The smallest absolute Gasteiger partial charge is 0.382 e. The maximum Gasteiger partial charge on any atom is 0.471 e. The van der Waals surface area contributed by atoms with Crippen LogP contribution in [0.4, 0.5) is 13.2 Å². The number of carbonyl (C=O) groups excluding carboxylic acids is 1. The number of rotatable bonds is 2. The zero-order chi connectivity index (χ0) is 14.0. The van der Waals surface area contributed by atoms with Crippen molar-refractivity contribution in [2.45, 2.75) is 18.6 Å². The Kier molecular flexibility index (Phi) is 3.80. The summed E-state index contributed by atoms with van der Waals surface area (Å²) in [4.78, 5) is 12.3. The predicted octanol–water partition coefficient (Wildman–Crippen LogP) is 2.32. The van der Waals surface area contributed by atoms with Crippen LogP contribution >= 0.6 is 0 Å². The quantitative estimate of drug-likeness (QED) is 0.827. The normalized spacial score (nSPS) is 19.2. The Hall–Kier alpha value is -1.56. The number of benzene rings is 1. The van der Waals surface area contributed by atoms with E-state index in [0.717, 1.165) is 16.0 Å². The third-order valence-electron chi connectivity index (χ3n) is 3.24. The first-order valence-electron chi connectivity index (χ1n) is 5.89. The molecule has 0 saturated heterocycles. The van der Waals surface area contributed by atoms with E-state index in [2.05, 4.69) is 0 Å². The highest BCUT2D eigenvalue weighted by Gasteiger charge is 2.46. The average molecular weight is 273 g/mol. The van der Waals surface area contributed by atoms with Crippen LogP contribution in [0.1, 0.15) is 17.2 Å². The van der Waals surface area contributed by atoms with Crippen LogP contribution in [-0.4, -0.2) is 37.2 Å². The molecular formula is C13H14F3NO2. The van der Waals surface area contributed by atoms with Crippen LogP contribution in [0.15, 0.2) is 24.3 Å². The van der Waals surface area contributed by atoms with Gasteiger partial charge in [0.1, 0.15) is 0 Å². The van der Waals surface area contributed by atoms with E-state index < -0.39 is 18.1 Å². The van der Waals surface area contributed by atoms with Gasteiger partial charge in [0.25, 0.3) is 0 Å². The molecule has 0 bridgehead atoms. The Morgan fingerprint density at radius 3 is 2.74 bits per heavy atom. The topological polar surface area (TPSA) is 29.5 Å². The second kappa shape index (κ2) is 5.21. The van der Waals surface area contributed by atoms with E-state index in [0.29, 0.717) is 6.42 Å². The van der Waals surface area contributed by atoms with Gasteiger partial charge in [-0.3, -0.25) is 4.79 Å². The first kappa shape index (κ1) is 13.9. The highest BCUT2D eigenvalue weighted by Crippen LogP contribution is 2.33. The molecule has 0 N–H and O–H groups in total. The number of hydrogen-bond donors (Lipinski definition) is 0. The zero-order valence-corrected chi connectivity index (χ0v) is 10.4. The van der Waals surface area contributed by atoms with Gasteiger partial charge in [-0.1, -0.05) is 24.3 Å². The van der Waals surface area contributed by atoms with Gasteiger partial charge in [-0.2, -0.15) is 13.2 Å². The molecule has 1 atom stereocenters. The van der Waals surface area contributed by atoms with Crippen molar-refractivity contribution in [3.63, 3.8) is 0 Å². The summed E-state index contributed by atoms with van der Waals surface area (Å²) < 4.78 is 42.7. The fourth-order valence-corrected chi connectivity index (χ4v) is 2.40. The van der Waals surface area contributed by atoms with Gasteiger partial charge in [-0.05, 0) is 17.5 Å². The van der Waals surface area contributed by atoms with Crippen molar-refractivity contribution >= 4 is 5.91 Å². The molecule has 104 valence electrons. The lowest BCUT2D eigenvalue weighted by Gasteiger charge is -2.37. The van der Waals surface area contributed by atoms with Gasteiger partial charge < -0.3 is 9.64 Å². The zero-order valence-electron chi connectivity index (χ0n) is 10.4. The Labute approximate surface area is 109 Å². The Balaban J connectivity index is 2.34. The van der Waals surface area contributed by atoms with E-state index in [9.17, 15) is 18.0 Å². The van der Waals surface area contributed by atoms with Crippen LogP contribution in [0.25, 0.3) is 0 Å². The molecule has 0 fully saturated rings. The fourth-order valence-electron chi connectivity index (χ4n) is 2.40. The minimum Gasteiger partial charge on any atom is -0.382 e. The van der Waals surface area contributed by atoms with Gasteiger partial charge in [-0.15, -0.1) is 0 Å². The van der Waals surface area contributed by atoms with E-state index in [4.69, 9.17) is 4.74 Å². The number of hydrogen-bond acceptors (Lipinski definition) is 2. The Bertz CT molecular complexity index is 473. The maximum absolute atomic E-state index is 12.6. The van der Waals surface area contributed by atoms with E-state index in [1.807, 2.05) is 12.1 Å². The van der Waals surface area contributed by atoms with Crippen molar-refractivity contribution in [3.8, 4) is 0 Å². The standard InChI is InChI=1S/C13H14F3NO2/c1-19-8-11-10-5-3-2-4-9(10)6-7-17(11)12(18)13(14,15)16/h2-5,11H,6-8H2,1H3/t11-/m0/s1. The lowest BCUT2D eigenvalue weighted by molar-refractivity contribution is -0.189. The molecule has 1 aromatic carbocycles. The van der Waals surface area contributed by atoms with Crippen LogP contribution in [0.5, 0.6) is 0 Å². The third kappa shape index (κ3) is 2.73. The van der Waals surface area contributed by atoms with E-state index in [1.54, 1.807) is 12.1 Å². The summed E-state index contributed by atoms with van der Waals surface area (Å²) in [6.45, 7) is 0.113. The molecular weight excluding hydrogens is 259 g/mol. The van der Waals surface area contributed by atoms with Gasteiger partial charge in [0.2, 0.25) is 0 Å². The van der Waals surface area contributed by atoms with Crippen molar-refractivity contribution in [1.82, 2.24) is 4.90 Å². The summed E-state index contributed by atoms with van der Waals surface area (Å²) >= 11 is 0. The lowest BCUT2D eigenvalue weighted by Crippen LogP contribution is -2.47. The second-order valence-corrected chi connectivity index (χ2v) is 4.42. The molecule has 0 saturated carbocycles. The number of ether oxygens (including phenoxy) is 1. The first-order chi connectivity index (χ1) is 8.95. The van der Waals surface area contributed by atoms with Crippen LogP contribution in [-0.2, 0) is 16.0 Å². The predicted molar refractivity (Wildman–Crippen MR) is 62.5 cm³/mol. The summed E-state index contributed by atoms with van der Waals surface area (Å²) in [5, 5.41) is 0. The highest BCUT2D eigenvalue weighted by molar-refractivity contribution is 5.82. The minimum absolute atomic E-state index is 0.0544. The number of fused-ring (bicyclic) bond motifs is 1. The van der Waals surface area contributed by atoms with Gasteiger partial charge in [0, 0.05) is 13.7 Å². The molecule has 0 spiro atoms. The number of amides is 1. The highest BCUT2D eigenvalue weighted by atomic mass is 19.4. The molecule has 6 heteroatoms. The third-order valence-corrected chi connectivity index (χ3v) is 3.24. The van der Waals surface area contributed by atoms with Crippen molar-refractivity contribution in [2.24, 2.45) is 0 Å². The largest absolute Gasteiger partial charge is 0.471 e. The average Bonchev–Trinajstić information content (AvgIpc) is 2.37. The van der Waals surface area contributed by atoms with Crippen LogP contribution < -0.4 is 0 Å². The van der Waals surface area contributed by atoms with Crippen molar-refractivity contribution < 1.29 is 22.7 Å². The van der Waals surface area contributed by atoms with Crippen LogP contribution in [0.3, 0.4) is 0 Å². The lowest BCUT2D eigenvalue weighted by atomic mass is 9.93. The molecule has 0 aliphatic carbocycles. The molecule has 19 heavy (non-hydrogen) atoms. The monoisotopic (exact) mass is 273 g/mol. The number of alkyl halides is 3. The molecule has 3 nitrogen and oxygen atoms in total. The molecule has 1 aromatic rings. The summed E-state index contributed by atoms with van der Waals surface area (Å²) in [5.41, 5.74) is 1.70.